The predicted molar refractivity (Wildman–Crippen MR) is 74.2 cm³/mol. The van der Waals surface area contributed by atoms with Crippen molar-refractivity contribution in [3.05, 3.63) is 36.0 Å². The average molecular weight is 264 g/mol. The fraction of sp³-hybridized carbons (Fsp3) is 0.308. The molecule has 96 valence electrons. The van der Waals surface area contributed by atoms with E-state index in [2.05, 4.69) is 10.3 Å². The smallest absolute Gasteiger partial charge is 0.251 e. The topological polar surface area (TPSA) is 62.0 Å². The minimum absolute atomic E-state index is 0.0895. The summed E-state index contributed by atoms with van der Waals surface area (Å²) in [6, 6.07) is 7.53. The van der Waals surface area contributed by atoms with Crippen molar-refractivity contribution in [2.75, 3.05) is 18.6 Å². The van der Waals surface area contributed by atoms with Crippen LogP contribution in [0.3, 0.4) is 0 Å². The van der Waals surface area contributed by atoms with Crippen LogP contribution in [-0.2, 0) is 10.8 Å². The van der Waals surface area contributed by atoms with Crippen molar-refractivity contribution < 1.29 is 9.00 Å². The molecule has 1 unspecified atom stereocenters. The maximum atomic E-state index is 11.9. The van der Waals surface area contributed by atoms with Crippen LogP contribution in [0.25, 0.3) is 10.9 Å². The third-order valence-corrected chi connectivity index (χ3v) is 3.57. The summed E-state index contributed by atoms with van der Waals surface area (Å²) in [5.74, 6) is 0.532. The van der Waals surface area contributed by atoms with Crippen molar-refractivity contribution in [3.63, 3.8) is 0 Å². The van der Waals surface area contributed by atoms with Gasteiger partial charge in [0.05, 0.1) is 0 Å². The van der Waals surface area contributed by atoms with Crippen LogP contribution in [0.4, 0.5) is 0 Å². The van der Waals surface area contributed by atoms with E-state index in [9.17, 15) is 9.00 Å². The molecule has 5 heteroatoms. The van der Waals surface area contributed by atoms with Gasteiger partial charge in [-0.3, -0.25) is 9.00 Å². The Labute approximate surface area is 108 Å². The van der Waals surface area contributed by atoms with Crippen LogP contribution in [0.15, 0.2) is 30.5 Å². The van der Waals surface area contributed by atoms with Crippen molar-refractivity contribution in [2.24, 2.45) is 0 Å². The molecule has 2 rings (SSSR count). The van der Waals surface area contributed by atoms with Crippen molar-refractivity contribution in [1.82, 2.24) is 10.3 Å². The summed E-state index contributed by atoms with van der Waals surface area (Å²) in [7, 11) is -0.794. The van der Waals surface area contributed by atoms with Crippen LogP contribution in [0.5, 0.6) is 0 Å². The van der Waals surface area contributed by atoms with E-state index in [-0.39, 0.29) is 5.91 Å². The Morgan fingerprint density at radius 3 is 3.00 bits per heavy atom. The van der Waals surface area contributed by atoms with Gasteiger partial charge in [0.15, 0.2) is 0 Å². The lowest BCUT2D eigenvalue weighted by Gasteiger charge is -2.04. The Balaban J connectivity index is 1.93. The third kappa shape index (κ3) is 3.20. The Morgan fingerprint density at radius 1 is 1.39 bits per heavy atom. The van der Waals surface area contributed by atoms with Crippen molar-refractivity contribution in [3.8, 4) is 0 Å². The molecule has 4 nitrogen and oxygen atoms in total. The highest BCUT2D eigenvalue weighted by Gasteiger charge is 2.06. The quantitative estimate of drug-likeness (QED) is 0.807. The van der Waals surface area contributed by atoms with Gasteiger partial charge >= 0.3 is 0 Å². The summed E-state index contributed by atoms with van der Waals surface area (Å²) >= 11 is 0. The van der Waals surface area contributed by atoms with Gasteiger partial charge in [0.1, 0.15) is 0 Å². The average Bonchev–Trinajstić information content (AvgIpc) is 2.81. The van der Waals surface area contributed by atoms with Crippen LogP contribution in [0, 0.1) is 0 Å². The molecule has 0 saturated heterocycles. The molecule has 0 aliphatic rings. The first-order valence-electron chi connectivity index (χ1n) is 5.82. The second kappa shape index (κ2) is 5.82. The predicted octanol–water partition coefficient (Wildman–Crippen LogP) is 1.67. The van der Waals surface area contributed by atoms with Gasteiger partial charge in [0.25, 0.3) is 5.91 Å². The number of H-pyrrole nitrogens is 1. The molecule has 1 amide bonds. The zero-order chi connectivity index (χ0) is 13.0. The summed E-state index contributed by atoms with van der Waals surface area (Å²) in [5.41, 5.74) is 1.60. The molecule has 0 spiro atoms. The van der Waals surface area contributed by atoms with E-state index in [0.717, 1.165) is 17.3 Å². The molecule has 0 saturated carbocycles. The lowest BCUT2D eigenvalue weighted by molar-refractivity contribution is 0.0954. The Morgan fingerprint density at radius 2 is 2.22 bits per heavy atom. The molecule has 2 N–H and O–H groups in total. The molecular formula is C13H16N2O2S. The van der Waals surface area contributed by atoms with Gasteiger partial charge in [-0.2, -0.15) is 0 Å². The highest BCUT2D eigenvalue weighted by atomic mass is 32.2. The van der Waals surface area contributed by atoms with Crippen LogP contribution in [-0.4, -0.2) is 33.7 Å². The molecule has 0 radical (unpaired) electrons. The normalized spacial score (nSPS) is 12.5. The number of rotatable bonds is 5. The van der Waals surface area contributed by atoms with Gasteiger partial charge in [-0.1, -0.05) is 6.07 Å². The Bertz CT molecular complexity index is 577. The fourth-order valence-corrected chi connectivity index (χ4v) is 2.32. The summed E-state index contributed by atoms with van der Waals surface area (Å²) in [6.45, 7) is 0.557. The van der Waals surface area contributed by atoms with E-state index in [1.807, 2.05) is 30.5 Å². The minimum atomic E-state index is -0.794. The third-order valence-electron chi connectivity index (χ3n) is 2.71. The highest BCUT2D eigenvalue weighted by Crippen LogP contribution is 2.13. The molecule has 2 aromatic rings. The molecule has 0 aliphatic heterocycles. The highest BCUT2D eigenvalue weighted by molar-refractivity contribution is 7.84. The number of nitrogens with one attached hydrogen (secondary N) is 2. The summed E-state index contributed by atoms with van der Waals surface area (Å²) in [4.78, 5) is 14.9. The van der Waals surface area contributed by atoms with Gasteiger partial charge in [-0.05, 0) is 30.0 Å². The van der Waals surface area contributed by atoms with Gasteiger partial charge < -0.3 is 10.3 Å². The number of amides is 1. The van der Waals surface area contributed by atoms with Gasteiger partial charge in [0, 0.05) is 46.6 Å². The van der Waals surface area contributed by atoms with E-state index in [1.54, 1.807) is 6.26 Å². The monoisotopic (exact) mass is 264 g/mol. The van der Waals surface area contributed by atoms with Crippen LogP contribution in [0.1, 0.15) is 16.8 Å². The molecule has 1 heterocycles. The first-order chi connectivity index (χ1) is 8.66. The maximum absolute atomic E-state index is 11.9. The lowest BCUT2D eigenvalue weighted by Crippen LogP contribution is -2.25. The van der Waals surface area contributed by atoms with E-state index < -0.39 is 10.8 Å². The Kier molecular flexibility index (Phi) is 4.15. The van der Waals surface area contributed by atoms with Crippen LogP contribution in [0.2, 0.25) is 0 Å². The van der Waals surface area contributed by atoms with Crippen molar-refractivity contribution in [2.45, 2.75) is 6.42 Å². The number of aromatic nitrogens is 1. The van der Waals surface area contributed by atoms with Crippen LogP contribution >= 0.6 is 0 Å². The number of aromatic amines is 1. The second-order valence-electron chi connectivity index (χ2n) is 4.17. The summed E-state index contributed by atoms with van der Waals surface area (Å²) in [5, 5.41) is 3.91. The van der Waals surface area contributed by atoms with Gasteiger partial charge in [0.2, 0.25) is 0 Å². The minimum Gasteiger partial charge on any atom is -0.361 e. The lowest BCUT2D eigenvalue weighted by atomic mass is 10.1. The number of carbonyl (C=O) groups is 1. The molecule has 18 heavy (non-hydrogen) atoms. The van der Waals surface area contributed by atoms with E-state index in [4.69, 9.17) is 0 Å². The number of benzene rings is 1. The van der Waals surface area contributed by atoms with Crippen molar-refractivity contribution in [1.29, 1.82) is 0 Å². The molecule has 0 aliphatic carbocycles. The number of hydrogen-bond donors (Lipinski definition) is 2. The first-order valence-corrected chi connectivity index (χ1v) is 7.55. The number of carbonyl (C=O) groups excluding carboxylic acids is 1. The standard InChI is InChI=1S/C13H16N2O2S/c1-18(17)8-2-6-15-13(16)11-4-3-10-5-7-14-12(10)9-11/h3-5,7,9,14H,2,6,8H2,1H3,(H,15,16). The summed E-state index contributed by atoms with van der Waals surface area (Å²) < 4.78 is 10.9. The van der Waals surface area contributed by atoms with Gasteiger partial charge in [-0.15, -0.1) is 0 Å². The Hall–Kier alpha value is -1.62. The summed E-state index contributed by atoms with van der Waals surface area (Å²) in [6.07, 6.45) is 4.25. The fourth-order valence-electron chi connectivity index (χ4n) is 1.77. The largest absolute Gasteiger partial charge is 0.361 e. The second-order valence-corrected chi connectivity index (χ2v) is 5.72. The van der Waals surface area contributed by atoms with E-state index >= 15 is 0 Å². The zero-order valence-corrected chi connectivity index (χ0v) is 11.0. The van der Waals surface area contributed by atoms with Crippen molar-refractivity contribution >= 4 is 27.6 Å². The van der Waals surface area contributed by atoms with E-state index in [1.165, 1.54) is 0 Å². The molecule has 0 fully saturated rings. The molecule has 1 atom stereocenters. The number of hydrogen-bond acceptors (Lipinski definition) is 2. The maximum Gasteiger partial charge on any atom is 0.251 e. The zero-order valence-electron chi connectivity index (χ0n) is 10.2. The van der Waals surface area contributed by atoms with Crippen LogP contribution < -0.4 is 5.32 Å². The molecule has 1 aromatic heterocycles. The van der Waals surface area contributed by atoms with E-state index in [0.29, 0.717) is 17.9 Å². The first kappa shape index (κ1) is 12.8. The SMILES string of the molecule is CS(=O)CCCNC(=O)c1ccc2cc[nH]c2c1. The molecule has 0 bridgehead atoms. The molecule has 1 aromatic carbocycles. The number of fused-ring (bicyclic) bond motifs is 1. The molecular weight excluding hydrogens is 248 g/mol. The van der Waals surface area contributed by atoms with Gasteiger partial charge in [-0.25, -0.2) is 0 Å².